The van der Waals surface area contributed by atoms with Gasteiger partial charge in [-0.2, -0.15) is 0 Å². The molecule has 1 aliphatic heterocycles. The van der Waals surface area contributed by atoms with Crippen molar-refractivity contribution in [2.75, 3.05) is 39.3 Å². The largest absolute Gasteiger partial charge is 0.508 e. The highest BCUT2D eigenvalue weighted by atomic mass is 16.3. The van der Waals surface area contributed by atoms with Crippen molar-refractivity contribution >= 4 is 0 Å². The molecule has 3 aromatic carbocycles. The van der Waals surface area contributed by atoms with Gasteiger partial charge in [-0.1, -0.05) is 65.7 Å². The number of phenols is 2. The molecule has 0 bridgehead atoms. The number of aryl methyl sites for hydroxylation is 2. The second-order valence-electron chi connectivity index (χ2n) is 10.6. The van der Waals surface area contributed by atoms with E-state index in [1.807, 2.05) is 24.3 Å². The Morgan fingerprint density at radius 2 is 0.946 bits per heavy atom. The number of rotatable bonds is 6. The molecule has 4 rings (SSSR count). The van der Waals surface area contributed by atoms with Gasteiger partial charge in [0, 0.05) is 30.8 Å². The average molecular weight is 502 g/mol. The summed E-state index contributed by atoms with van der Waals surface area (Å²) >= 11 is 0. The predicted molar refractivity (Wildman–Crippen MR) is 152 cm³/mol. The Bertz CT molecular complexity index is 1050. The first-order valence-corrected chi connectivity index (χ1v) is 13.7. The Morgan fingerprint density at radius 1 is 0.541 bits per heavy atom. The van der Waals surface area contributed by atoms with Crippen LogP contribution < -0.4 is 0 Å². The van der Waals surface area contributed by atoms with E-state index >= 15 is 0 Å². The summed E-state index contributed by atoms with van der Waals surface area (Å²) in [5, 5.41) is 20.9. The van der Waals surface area contributed by atoms with E-state index in [1.54, 1.807) is 0 Å². The van der Waals surface area contributed by atoms with Crippen molar-refractivity contribution in [2.45, 2.75) is 52.7 Å². The molecule has 1 heterocycles. The van der Waals surface area contributed by atoms with Crippen molar-refractivity contribution in [3.63, 3.8) is 0 Å². The fourth-order valence-corrected chi connectivity index (χ4v) is 5.37. The number of aromatic hydroxyl groups is 2. The van der Waals surface area contributed by atoms with Crippen LogP contribution in [0.5, 0.6) is 11.5 Å². The summed E-state index contributed by atoms with van der Waals surface area (Å²) in [5.74, 6) is 0.776. The molecular weight excluding hydrogens is 458 g/mol. The van der Waals surface area contributed by atoms with Crippen molar-refractivity contribution in [3.05, 3.63) is 94.5 Å². The van der Waals surface area contributed by atoms with Crippen LogP contribution >= 0.6 is 0 Å². The van der Waals surface area contributed by atoms with E-state index in [1.165, 1.54) is 16.7 Å². The Morgan fingerprint density at radius 3 is 1.38 bits per heavy atom. The zero-order valence-electron chi connectivity index (χ0n) is 22.6. The van der Waals surface area contributed by atoms with Gasteiger partial charge in [-0.15, -0.1) is 0 Å². The third kappa shape index (κ3) is 8.60. The number of hydrogen-bond donors (Lipinski definition) is 2. The Balaban J connectivity index is 1.48. The molecule has 0 atom stereocenters. The van der Waals surface area contributed by atoms with Crippen molar-refractivity contribution in [1.29, 1.82) is 0 Å². The molecule has 2 N–H and O–H groups in total. The summed E-state index contributed by atoms with van der Waals surface area (Å²) in [7, 11) is 0. The number of phenolic OH excluding ortho intramolecular Hbond substituents is 2. The Kier molecular flexibility index (Phi) is 10.0. The standard InChI is InChI=1S/C32H43N3O2/c1-26-11-13-31(36)29(21-26)24-34-17-6-15-33(23-28-9-4-3-5-10-28)16-7-18-35(20-8-19-34)25-30-22-27(2)12-14-32(30)37/h3-5,9-14,21-22,36-37H,6-8,15-20,23-25H2,1-2H3. The minimum absolute atomic E-state index is 0.388. The Labute approximate surface area is 223 Å². The lowest BCUT2D eigenvalue weighted by Gasteiger charge is -2.30. The maximum absolute atomic E-state index is 10.5. The highest BCUT2D eigenvalue weighted by Gasteiger charge is 2.16. The molecule has 0 radical (unpaired) electrons. The lowest BCUT2D eigenvalue weighted by atomic mass is 10.1. The first-order valence-electron chi connectivity index (χ1n) is 13.7. The van der Waals surface area contributed by atoms with Gasteiger partial charge < -0.3 is 10.2 Å². The van der Waals surface area contributed by atoms with Crippen LogP contribution in [0.1, 0.15) is 47.1 Å². The Hall–Kier alpha value is -2.86. The molecule has 198 valence electrons. The fraction of sp³-hybridized carbons (Fsp3) is 0.438. The van der Waals surface area contributed by atoms with Gasteiger partial charge in [0.25, 0.3) is 0 Å². The zero-order valence-corrected chi connectivity index (χ0v) is 22.6. The molecule has 37 heavy (non-hydrogen) atoms. The van der Waals surface area contributed by atoms with E-state index in [0.29, 0.717) is 11.5 Å². The monoisotopic (exact) mass is 501 g/mol. The van der Waals surface area contributed by atoms with Gasteiger partial charge in [0.05, 0.1) is 0 Å². The first-order chi connectivity index (χ1) is 18.0. The van der Waals surface area contributed by atoms with E-state index < -0.39 is 0 Å². The van der Waals surface area contributed by atoms with Crippen LogP contribution in [-0.4, -0.2) is 64.2 Å². The minimum atomic E-state index is 0.388. The van der Waals surface area contributed by atoms with Crippen molar-refractivity contribution in [2.24, 2.45) is 0 Å². The number of benzene rings is 3. The van der Waals surface area contributed by atoms with Crippen LogP contribution in [0.3, 0.4) is 0 Å². The van der Waals surface area contributed by atoms with Crippen LogP contribution in [0, 0.1) is 13.8 Å². The van der Waals surface area contributed by atoms with E-state index in [9.17, 15) is 10.2 Å². The van der Waals surface area contributed by atoms with Gasteiger partial charge in [-0.05, 0) is 90.1 Å². The normalized spacial score (nSPS) is 17.2. The maximum atomic E-state index is 10.5. The van der Waals surface area contributed by atoms with Gasteiger partial charge in [-0.3, -0.25) is 14.7 Å². The van der Waals surface area contributed by atoms with Gasteiger partial charge >= 0.3 is 0 Å². The van der Waals surface area contributed by atoms with Gasteiger partial charge in [-0.25, -0.2) is 0 Å². The topological polar surface area (TPSA) is 50.2 Å². The number of nitrogens with zero attached hydrogens (tertiary/aromatic N) is 3. The molecule has 3 aromatic rings. The van der Waals surface area contributed by atoms with Crippen LogP contribution in [-0.2, 0) is 19.6 Å². The quantitative estimate of drug-likeness (QED) is 0.453. The minimum Gasteiger partial charge on any atom is -0.508 e. The number of hydrogen-bond acceptors (Lipinski definition) is 5. The lowest BCUT2D eigenvalue weighted by molar-refractivity contribution is 0.171. The molecule has 0 spiro atoms. The third-order valence-electron chi connectivity index (χ3n) is 7.35. The molecule has 1 fully saturated rings. The van der Waals surface area contributed by atoms with E-state index in [0.717, 1.165) is 89.3 Å². The first kappa shape index (κ1) is 27.2. The summed E-state index contributed by atoms with van der Waals surface area (Å²) in [6.45, 7) is 12.8. The molecule has 0 aliphatic carbocycles. The third-order valence-corrected chi connectivity index (χ3v) is 7.35. The SMILES string of the molecule is Cc1ccc(O)c(CN2CCCN(Cc3ccccc3)CCCN(Cc3cc(C)ccc3O)CCC2)c1. The van der Waals surface area contributed by atoms with E-state index in [-0.39, 0.29) is 0 Å². The van der Waals surface area contributed by atoms with Crippen molar-refractivity contribution in [3.8, 4) is 11.5 Å². The molecule has 1 saturated heterocycles. The second-order valence-corrected chi connectivity index (χ2v) is 10.6. The van der Waals surface area contributed by atoms with E-state index in [4.69, 9.17) is 0 Å². The molecule has 5 heteroatoms. The summed E-state index contributed by atoms with van der Waals surface area (Å²) in [4.78, 5) is 7.58. The fourth-order valence-electron chi connectivity index (χ4n) is 5.37. The van der Waals surface area contributed by atoms with Crippen molar-refractivity contribution < 1.29 is 10.2 Å². The van der Waals surface area contributed by atoms with Crippen LogP contribution in [0.15, 0.2) is 66.7 Å². The van der Waals surface area contributed by atoms with Crippen LogP contribution in [0.2, 0.25) is 0 Å². The molecule has 0 unspecified atom stereocenters. The zero-order chi connectivity index (χ0) is 26.0. The smallest absolute Gasteiger partial charge is 0.120 e. The summed E-state index contributed by atoms with van der Waals surface area (Å²) in [5.41, 5.74) is 5.74. The molecule has 0 aromatic heterocycles. The molecular formula is C32H43N3O2. The van der Waals surface area contributed by atoms with Crippen LogP contribution in [0.4, 0.5) is 0 Å². The molecule has 0 amide bonds. The second kappa shape index (κ2) is 13.6. The molecule has 1 aliphatic rings. The molecule has 0 saturated carbocycles. The average Bonchev–Trinajstić information content (AvgIpc) is 2.87. The van der Waals surface area contributed by atoms with Crippen molar-refractivity contribution in [1.82, 2.24) is 14.7 Å². The molecule has 5 nitrogen and oxygen atoms in total. The van der Waals surface area contributed by atoms with Gasteiger partial charge in [0.15, 0.2) is 0 Å². The summed E-state index contributed by atoms with van der Waals surface area (Å²) < 4.78 is 0. The lowest BCUT2D eigenvalue weighted by Crippen LogP contribution is -2.36. The summed E-state index contributed by atoms with van der Waals surface area (Å²) in [6.07, 6.45) is 3.29. The van der Waals surface area contributed by atoms with Crippen LogP contribution in [0.25, 0.3) is 0 Å². The highest BCUT2D eigenvalue weighted by Crippen LogP contribution is 2.22. The van der Waals surface area contributed by atoms with E-state index in [2.05, 4.69) is 71.0 Å². The highest BCUT2D eigenvalue weighted by molar-refractivity contribution is 5.36. The predicted octanol–water partition coefficient (Wildman–Crippen LogP) is 5.70. The summed E-state index contributed by atoms with van der Waals surface area (Å²) in [6, 6.07) is 22.6. The van der Waals surface area contributed by atoms with Gasteiger partial charge in [0.1, 0.15) is 11.5 Å². The van der Waals surface area contributed by atoms with Gasteiger partial charge in [0.2, 0.25) is 0 Å². The maximum Gasteiger partial charge on any atom is 0.120 e.